The third kappa shape index (κ3) is 3.84. The summed E-state index contributed by atoms with van der Waals surface area (Å²) in [5.41, 5.74) is 3.07. The fraction of sp³-hybridized carbons (Fsp3) is 0.333. The normalized spacial score (nSPS) is 16.9. The Bertz CT molecular complexity index is 982. The minimum Gasteiger partial charge on any atom is -0.330 e. The summed E-state index contributed by atoms with van der Waals surface area (Å²) in [7, 11) is 1.87. The molecule has 1 N–H and O–H groups in total. The highest BCUT2D eigenvalue weighted by atomic mass is 32.2. The van der Waals surface area contributed by atoms with E-state index in [0.717, 1.165) is 33.1 Å². The zero-order valence-corrected chi connectivity index (χ0v) is 17.0. The topological polar surface area (TPSA) is 75.9 Å². The predicted octanol–water partition coefficient (Wildman–Crippen LogP) is 3.53. The third-order valence-electron chi connectivity index (χ3n) is 4.33. The summed E-state index contributed by atoms with van der Waals surface area (Å²) in [5, 5.41) is 16.6. The van der Waals surface area contributed by atoms with Crippen molar-refractivity contribution in [3.63, 3.8) is 0 Å². The van der Waals surface area contributed by atoms with Gasteiger partial charge in [0.15, 0.2) is 4.34 Å². The van der Waals surface area contributed by atoms with Crippen LogP contribution < -0.4 is 10.2 Å². The Hall–Kier alpha value is -2.39. The summed E-state index contributed by atoms with van der Waals surface area (Å²) < 4.78 is 2.56. The van der Waals surface area contributed by atoms with Crippen molar-refractivity contribution < 1.29 is 4.79 Å². The molecule has 1 aromatic carbocycles. The Morgan fingerprint density at radius 1 is 1.26 bits per heavy atom. The van der Waals surface area contributed by atoms with Gasteiger partial charge in [0.25, 0.3) is 0 Å². The summed E-state index contributed by atoms with van der Waals surface area (Å²) in [6, 6.07) is 10.0. The fourth-order valence-corrected chi connectivity index (χ4v) is 5.17. The number of anilines is 3. The molecular formula is C18H20N6OS2. The first-order chi connectivity index (χ1) is 13.0. The number of amides is 1. The average molecular weight is 401 g/mol. The molecule has 1 unspecified atom stereocenters. The molecule has 140 valence electrons. The van der Waals surface area contributed by atoms with Crippen LogP contribution >= 0.6 is 23.1 Å². The summed E-state index contributed by atoms with van der Waals surface area (Å²) in [6.45, 7) is 4.68. The highest BCUT2D eigenvalue weighted by molar-refractivity contribution is 8.02. The van der Waals surface area contributed by atoms with E-state index < -0.39 is 0 Å². The highest BCUT2D eigenvalue weighted by Gasteiger charge is 2.35. The zero-order valence-electron chi connectivity index (χ0n) is 15.3. The summed E-state index contributed by atoms with van der Waals surface area (Å²) in [5.74, 6) is 0.950. The molecule has 9 heteroatoms. The van der Waals surface area contributed by atoms with Gasteiger partial charge in [-0.2, -0.15) is 5.10 Å². The van der Waals surface area contributed by atoms with Crippen LogP contribution in [0.25, 0.3) is 0 Å². The van der Waals surface area contributed by atoms with Gasteiger partial charge in [0.05, 0.1) is 10.9 Å². The lowest BCUT2D eigenvalue weighted by atomic mass is 10.2. The van der Waals surface area contributed by atoms with E-state index in [1.807, 2.05) is 50.1 Å². The molecular weight excluding hydrogens is 380 g/mol. The van der Waals surface area contributed by atoms with E-state index in [0.29, 0.717) is 6.54 Å². The monoisotopic (exact) mass is 400 g/mol. The molecule has 1 atom stereocenters. The SMILES string of the molecule is Cc1cccc(Nc2nnc(SC3CCN(c4cc(C)nn4C)C3=O)s2)c1. The van der Waals surface area contributed by atoms with Crippen LogP contribution in [0, 0.1) is 13.8 Å². The van der Waals surface area contributed by atoms with Gasteiger partial charge in [-0.1, -0.05) is 35.2 Å². The van der Waals surface area contributed by atoms with Gasteiger partial charge in [-0.05, 0) is 38.0 Å². The minimum absolute atomic E-state index is 0.103. The van der Waals surface area contributed by atoms with Crippen LogP contribution in [0.2, 0.25) is 0 Å². The maximum absolute atomic E-state index is 12.8. The smallest absolute Gasteiger partial charge is 0.241 e. The average Bonchev–Trinajstić information content (AvgIpc) is 3.29. The predicted molar refractivity (Wildman–Crippen MR) is 109 cm³/mol. The molecule has 0 radical (unpaired) electrons. The first kappa shape index (κ1) is 18.0. The molecule has 1 amide bonds. The van der Waals surface area contributed by atoms with Gasteiger partial charge in [0.1, 0.15) is 5.82 Å². The third-order valence-corrected chi connectivity index (χ3v) is 6.51. The molecule has 1 saturated heterocycles. The van der Waals surface area contributed by atoms with Gasteiger partial charge < -0.3 is 5.32 Å². The highest BCUT2D eigenvalue weighted by Crippen LogP contribution is 2.36. The quantitative estimate of drug-likeness (QED) is 0.706. The Morgan fingerprint density at radius 3 is 2.85 bits per heavy atom. The number of nitrogens with one attached hydrogen (secondary N) is 1. The first-order valence-electron chi connectivity index (χ1n) is 8.65. The Balaban J connectivity index is 1.42. The number of aryl methyl sites for hydroxylation is 3. The van der Waals surface area contributed by atoms with E-state index >= 15 is 0 Å². The van der Waals surface area contributed by atoms with E-state index in [4.69, 9.17) is 0 Å². The van der Waals surface area contributed by atoms with E-state index in [9.17, 15) is 4.79 Å². The molecule has 0 saturated carbocycles. The van der Waals surface area contributed by atoms with Crippen LogP contribution in [0.1, 0.15) is 17.7 Å². The number of rotatable bonds is 5. The standard InChI is InChI=1S/C18H20N6OS2/c1-11-5-4-6-13(9-11)19-17-20-21-18(27-17)26-14-7-8-24(16(14)25)15-10-12(2)22-23(15)3/h4-6,9-10,14H,7-8H2,1-3H3,(H,19,20). The van der Waals surface area contributed by atoms with E-state index in [1.165, 1.54) is 28.7 Å². The van der Waals surface area contributed by atoms with Crippen molar-refractivity contribution in [2.75, 3.05) is 16.8 Å². The molecule has 1 aliphatic heterocycles. The van der Waals surface area contributed by atoms with Gasteiger partial charge in [-0.15, -0.1) is 10.2 Å². The molecule has 27 heavy (non-hydrogen) atoms. The van der Waals surface area contributed by atoms with Crippen LogP contribution in [-0.2, 0) is 11.8 Å². The van der Waals surface area contributed by atoms with Crippen LogP contribution in [0.15, 0.2) is 34.7 Å². The number of hydrogen-bond donors (Lipinski definition) is 1. The van der Waals surface area contributed by atoms with E-state index in [-0.39, 0.29) is 11.2 Å². The summed E-state index contributed by atoms with van der Waals surface area (Å²) >= 11 is 2.96. The van der Waals surface area contributed by atoms with Gasteiger partial charge in [0.2, 0.25) is 11.0 Å². The fourth-order valence-electron chi connectivity index (χ4n) is 3.12. The number of carbonyl (C=O) groups is 1. The molecule has 7 nitrogen and oxygen atoms in total. The Labute approximate surface area is 165 Å². The van der Waals surface area contributed by atoms with Crippen LogP contribution in [-0.4, -0.2) is 37.7 Å². The molecule has 4 rings (SSSR count). The lowest BCUT2D eigenvalue weighted by molar-refractivity contribution is -0.116. The van der Waals surface area contributed by atoms with Crippen LogP contribution in [0.3, 0.4) is 0 Å². The number of nitrogens with zero attached hydrogens (tertiary/aromatic N) is 5. The number of thioether (sulfide) groups is 1. The number of carbonyl (C=O) groups excluding carboxylic acids is 1. The largest absolute Gasteiger partial charge is 0.330 e. The van der Waals surface area contributed by atoms with Crippen molar-refractivity contribution in [2.24, 2.45) is 7.05 Å². The maximum Gasteiger partial charge on any atom is 0.241 e. The van der Waals surface area contributed by atoms with Crippen molar-refractivity contribution >= 4 is 45.6 Å². The van der Waals surface area contributed by atoms with Gasteiger partial charge in [0, 0.05) is 25.3 Å². The van der Waals surface area contributed by atoms with E-state index in [1.54, 1.807) is 4.68 Å². The second-order valence-electron chi connectivity index (χ2n) is 6.52. The van der Waals surface area contributed by atoms with Gasteiger partial charge in [-0.3, -0.25) is 14.4 Å². The molecule has 3 aromatic rings. The second-order valence-corrected chi connectivity index (χ2v) is 8.95. The van der Waals surface area contributed by atoms with Crippen molar-refractivity contribution in [3.8, 4) is 0 Å². The lowest BCUT2D eigenvalue weighted by Crippen LogP contribution is -2.29. The van der Waals surface area contributed by atoms with Crippen molar-refractivity contribution in [1.82, 2.24) is 20.0 Å². The first-order valence-corrected chi connectivity index (χ1v) is 10.3. The van der Waals surface area contributed by atoms with Gasteiger partial charge in [-0.25, -0.2) is 0 Å². The molecule has 0 spiro atoms. The van der Waals surface area contributed by atoms with Crippen LogP contribution in [0.5, 0.6) is 0 Å². The zero-order chi connectivity index (χ0) is 19.0. The molecule has 1 aliphatic rings. The summed E-state index contributed by atoms with van der Waals surface area (Å²) in [6.07, 6.45) is 0.786. The Morgan fingerprint density at radius 2 is 2.11 bits per heavy atom. The minimum atomic E-state index is -0.139. The molecule has 0 aliphatic carbocycles. The maximum atomic E-state index is 12.8. The number of aromatic nitrogens is 4. The number of hydrogen-bond acceptors (Lipinski definition) is 7. The van der Waals surface area contributed by atoms with Crippen molar-refractivity contribution in [2.45, 2.75) is 29.9 Å². The van der Waals surface area contributed by atoms with Gasteiger partial charge >= 0.3 is 0 Å². The Kier molecular flexibility index (Phi) is 4.88. The van der Waals surface area contributed by atoms with E-state index in [2.05, 4.69) is 26.7 Å². The molecule has 1 fully saturated rings. The molecule has 0 bridgehead atoms. The lowest BCUT2D eigenvalue weighted by Gasteiger charge is -2.15. The second kappa shape index (κ2) is 7.32. The molecule has 2 aromatic heterocycles. The molecule has 3 heterocycles. The van der Waals surface area contributed by atoms with Crippen LogP contribution in [0.4, 0.5) is 16.6 Å². The van der Waals surface area contributed by atoms with Crippen molar-refractivity contribution in [1.29, 1.82) is 0 Å². The van der Waals surface area contributed by atoms with Crippen molar-refractivity contribution in [3.05, 3.63) is 41.6 Å². The summed E-state index contributed by atoms with van der Waals surface area (Å²) in [4.78, 5) is 14.6. The number of benzene rings is 1.